The standard InChI is InChI=1S/C13H13BrN2O3/c1-19-9-4-2-8(3-5-9)12-10(6-7-11(17)18)15-13(14)16-12/h2-5H,6-7H2,1H3,(H,15,16)(H,17,18). The van der Waals surface area contributed by atoms with Crippen LogP contribution in [0.25, 0.3) is 11.3 Å². The Morgan fingerprint density at radius 3 is 2.68 bits per heavy atom. The number of imidazole rings is 1. The van der Waals surface area contributed by atoms with Gasteiger partial charge < -0.3 is 14.8 Å². The molecule has 1 heterocycles. The number of nitrogens with one attached hydrogen (secondary N) is 1. The Morgan fingerprint density at radius 1 is 1.42 bits per heavy atom. The average Bonchev–Trinajstić information content (AvgIpc) is 2.78. The summed E-state index contributed by atoms with van der Waals surface area (Å²) in [6.45, 7) is 0. The van der Waals surface area contributed by atoms with Crippen molar-refractivity contribution in [3.05, 3.63) is 34.7 Å². The van der Waals surface area contributed by atoms with Gasteiger partial charge in [-0.25, -0.2) is 4.98 Å². The number of carbonyl (C=O) groups is 1. The molecule has 0 bridgehead atoms. The van der Waals surface area contributed by atoms with Gasteiger partial charge in [0.05, 0.1) is 19.2 Å². The lowest BCUT2D eigenvalue weighted by Gasteiger charge is -2.03. The minimum absolute atomic E-state index is 0.0673. The third-order valence-electron chi connectivity index (χ3n) is 2.70. The molecule has 0 spiro atoms. The quantitative estimate of drug-likeness (QED) is 0.886. The van der Waals surface area contributed by atoms with Crippen LogP contribution in [0.3, 0.4) is 0 Å². The molecule has 0 radical (unpaired) electrons. The third kappa shape index (κ3) is 3.35. The summed E-state index contributed by atoms with van der Waals surface area (Å²) < 4.78 is 5.70. The van der Waals surface area contributed by atoms with Gasteiger partial charge in [-0.2, -0.15) is 0 Å². The number of aromatic nitrogens is 2. The number of benzene rings is 1. The van der Waals surface area contributed by atoms with Crippen molar-refractivity contribution < 1.29 is 14.6 Å². The van der Waals surface area contributed by atoms with Crippen LogP contribution in [0, 0.1) is 0 Å². The van der Waals surface area contributed by atoms with Crippen LogP contribution in [0.15, 0.2) is 29.0 Å². The van der Waals surface area contributed by atoms with Crippen LogP contribution < -0.4 is 4.74 Å². The predicted octanol–water partition coefficient (Wildman–Crippen LogP) is 2.87. The van der Waals surface area contributed by atoms with Gasteiger partial charge in [-0.1, -0.05) is 0 Å². The Kier molecular flexibility index (Phi) is 4.21. The van der Waals surface area contributed by atoms with Crippen molar-refractivity contribution in [3.8, 4) is 17.0 Å². The second-order valence-corrected chi connectivity index (χ2v) is 4.73. The van der Waals surface area contributed by atoms with Crippen LogP contribution in [0.5, 0.6) is 5.75 Å². The highest BCUT2D eigenvalue weighted by atomic mass is 79.9. The first kappa shape index (κ1) is 13.6. The van der Waals surface area contributed by atoms with E-state index in [1.54, 1.807) is 7.11 Å². The fourth-order valence-electron chi connectivity index (χ4n) is 1.78. The molecule has 2 N–H and O–H groups in total. The van der Waals surface area contributed by atoms with Crippen LogP contribution >= 0.6 is 15.9 Å². The third-order valence-corrected chi connectivity index (χ3v) is 3.08. The van der Waals surface area contributed by atoms with Crippen LogP contribution in [0.1, 0.15) is 12.1 Å². The number of hydrogen-bond acceptors (Lipinski definition) is 3. The summed E-state index contributed by atoms with van der Waals surface area (Å²) >= 11 is 3.28. The molecule has 6 heteroatoms. The van der Waals surface area contributed by atoms with Crippen LogP contribution in [0.4, 0.5) is 0 Å². The molecule has 5 nitrogen and oxygen atoms in total. The molecule has 0 atom stereocenters. The van der Waals surface area contributed by atoms with E-state index in [4.69, 9.17) is 9.84 Å². The van der Waals surface area contributed by atoms with Crippen molar-refractivity contribution >= 4 is 21.9 Å². The second kappa shape index (κ2) is 5.88. The first-order chi connectivity index (χ1) is 9.10. The molecule has 1 aromatic carbocycles. The van der Waals surface area contributed by atoms with Gasteiger partial charge in [0.25, 0.3) is 0 Å². The number of aliphatic carboxylic acids is 1. The number of hydrogen-bond donors (Lipinski definition) is 2. The largest absolute Gasteiger partial charge is 0.497 e. The van der Waals surface area contributed by atoms with Gasteiger partial charge >= 0.3 is 5.97 Å². The van der Waals surface area contributed by atoms with E-state index in [1.807, 2.05) is 24.3 Å². The number of H-pyrrole nitrogens is 1. The van der Waals surface area contributed by atoms with Crippen molar-refractivity contribution in [2.75, 3.05) is 7.11 Å². The molecule has 0 aliphatic carbocycles. The zero-order valence-corrected chi connectivity index (χ0v) is 11.9. The molecule has 0 saturated heterocycles. The van der Waals surface area contributed by atoms with Crippen molar-refractivity contribution in [1.29, 1.82) is 0 Å². The first-order valence-corrected chi connectivity index (χ1v) is 6.50. The van der Waals surface area contributed by atoms with Crippen LogP contribution in [-0.2, 0) is 11.2 Å². The first-order valence-electron chi connectivity index (χ1n) is 5.70. The Balaban J connectivity index is 2.29. The van der Waals surface area contributed by atoms with E-state index in [1.165, 1.54) is 0 Å². The smallest absolute Gasteiger partial charge is 0.303 e. The van der Waals surface area contributed by atoms with E-state index >= 15 is 0 Å². The van der Waals surface area contributed by atoms with Gasteiger partial charge in [0, 0.05) is 17.7 Å². The molecule has 2 aromatic rings. The van der Waals surface area contributed by atoms with E-state index in [2.05, 4.69) is 25.9 Å². The van der Waals surface area contributed by atoms with E-state index in [0.29, 0.717) is 11.2 Å². The fraction of sp³-hybridized carbons (Fsp3) is 0.231. The molecule has 100 valence electrons. The SMILES string of the molecule is COc1ccc(-c2nc(Br)[nH]c2CCC(=O)O)cc1. The highest BCUT2D eigenvalue weighted by Crippen LogP contribution is 2.26. The number of halogens is 1. The number of carboxylic acid groups (broad SMARTS) is 1. The maximum absolute atomic E-state index is 10.6. The second-order valence-electron chi connectivity index (χ2n) is 3.98. The number of aryl methyl sites for hydroxylation is 1. The number of rotatable bonds is 5. The van der Waals surface area contributed by atoms with Crippen molar-refractivity contribution in [1.82, 2.24) is 9.97 Å². The van der Waals surface area contributed by atoms with Gasteiger partial charge in [0.1, 0.15) is 5.75 Å². The normalized spacial score (nSPS) is 10.4. The summed E-state index contributed by atoms with van der Waals surface area (Å²) in [4.78, 5) is 18.0. The van der Waals surface area contributed by atoms with Gasteiger partial charge in [-0.3, -0.25) is 4.79 Å². The highest BCUT2D eigenvalue weighted by Gasteiger charge is 2.12. The number of methoxy groups -OCH3 is 1. The van der Waals surface area contributed by atoms with Gasteiger partial charge in [0.15, 0.2) is 4.73 Å². The molecule has 0 amide bonds. The van der Waals surface area contributed by atoms with Crippen molar-refractivity contribution in [2.45, 2.75) is 12.8 Å². The lowest BCUT2D eigenvalue weighted by atomic mass is 10.1. The lowest BCUT2D eigenvalue weighted by Crippen LogP contribution is -1.99. The van der Waals surface area contributed by atoms with Gasteiger partial charge in [0.2, 0.25) is 0 Å². The summed E-state index contributed by atoms with van der Waals surface area (Å²) in [5.41, 5.74) is 2.48. The molecule has 0 aliphatic rings. The summed E-state index contributed by atoms with van der Waals surface area (Å²) in [6, 6.07) is 7.48. The number of carboxylic acids is 1. The summed E-state index contributed by atoms with van der Waals surface area (Å²) in [5.74, 6) is -0.0585. The molecule has 0 fully saturated rings. The Bertz CT molecular complexity index is 578. The monoisotopic (exact) mass is 324 g/mol. The van der Waals surface area contributed by atoms with E-state index in [9.17, 15) is 4.79 Å². The van der Waals surface area contributed by atoms with Crippen molar-refractivity contribution in [3.63, 3.8) is 0 Å². The highest BCUT2D eigenvalue weighted by molar-refractivity contribution is 9.10. The van der Waals surface area contributed by atoms with Crippen molar-refractivity contribution in [2.24, 2.45) is 0 Å². The average molecular weight is 325 g/mol. The fourth-order valence-corrected chi connectivity index (χ4v) is 2.19. The van der Waals surface area contributed by atoms with Crippen LogP contribution in [0.2, 0.25) is 0 Å². The molecule has 0 aliphatic heterocycles. The maximum atomic E-state index is 10.6. The number of ether oxygens (including phenoxy) is 1. The molecule has 1 aromatic heterocycles. The lowest BCUT2D eigenvalue weighted by molar-refractivity contribution is -0.136. The molecular formula is C13H13BrN2O3. The minimum Gasteiger partial charge on any atom is -0.497 e. The molecule has 2 rings (SSSR count). The Morgan fingerprint density at radius 2 is 2.11 bits per heavy atom. The summed E-state index contributed by atoms with van der Waals surface area (Å²) in [5, 5.41) is 8.75. The molecule has 0 unspecified atom stereocenters. The van der Waals surface area contributed by atoms with E-state index in [0.717, 1.165) is 22.7 Å². The number of aromatic amines is 1. The van der Waals surface area contributed by atoms with Crippen LogP contribution in [-0.4, -0.2) is 28.2 Å². The van der Waals surface area contributed by atoms with E-state index < -0.39 is 5.97 Å². The topological polar surface area (TPSA) is 75.2 Å². The van der Waals surface area contributed by atoms with E-state index in [-0.39, 0.29) is 6.42 Å². The minimum atomic E-state index is -0.827. The predicted molar refractivity (Wildman–Crippen MR) is 74.2 cm³/mol. The Hall–Kier alpha value is -1.82. The zero-order chi connectivity index (χ0) is 13.8. The molecule has 0 saturated carbocycles. The number of nitrogens with zero attached hydrogens (tertiary/aromatic N) is 1. The molecular weight excluding hydrogens is 312 g/mol. The Labute approximate surface area is 118 Å². The van der Waals surface area contributed by atoms with Gasteiger partial charge in [-0.05, 0) is 40.2 Å². The molecule has 19 heavy (non-hydrogen) atoms. The summed E-state index contributed by atoms with van der Waals surface area (Å²) in [7, 11) is 1.61. The maximum Gasteiger partial charge on any atom is 0.303 e. The summed E-state index contributed by atoms with van der Waals surface area (Å²) in [6.07, 6.45) is 0.479. The van der Waals surface area contributed by atoms with Gasteiger partial charge in [-0.15, -0.1) is 0 Å². The zero-order valence-electron chi connectivity index (χ0n) is 10.3.